The summed E-state index contributed by atoms with van der Waals surface area (Å²) in [5.74, 6) is -0.472. The molecule has 2 aromatic rings. The summed E-state index contributed by atoms with van der Waals surface area (Å²) in [6, 6.07) is 4.20. The number of aromatic nitrogens is 1. The Morgan fingerprint density at radius 3 is 2.76 bits per heavy atom. The lowest BCUT2D eigenvalue weighted by atomic mass is 10.2. The first-order valence-electron chi connectivity index (χ1n) is 4.62. The Hall–Kier alpha value is -2.57. The van der Waals surface area contributed by atoms with Crippen LogP contribution in [0, 0.1) is 10.1 Å². The van der Waals surface area contributed by atoms with Crippen LogP contribution in [0.25, 0.3) is 5.69 Å². The molecule has 17 heavy (non-hydrogen) atoms. The van der Waals surface area contributed by atoms with Crippen molar-refractivity contribution in [1.82, 2.24) is 4.57 Å². The molecule has 7 nitrogen and oxygen atoms in total. The van der Waals surface area contributed by atoms with Crippen molar-refractivity contribution < 1.29 is 14.1 Å². The molecule has 0 aliphatic heterocycles. The van der Waals surface area contributed by atoms with E-state index >= 15 is 0 Å². The minimum absolute atomic E-state index is 0.135. The van der Waals surface area contributed by atoms with Gasteiger partial charge >= 0.3 is 11.4 Å². The number of nitrogens with zero attached hydrogens (tertiary/aromatic N) is 2. The highest BCUT2D eigenvalue weighted by molar-refractivity contribution is 5.53. The van der Waals surface area contributed by atoms with Crippen molar-refractivity contribution in [2.75, 3.05) is 7.11 Å². The zero-order valence-electron chi connectivity index (χ0n) is 8.82. The average Bonchev–Trinajstić information content (AvgIpc) is 2.74. The van der Waals surface area contributed by atoms with Gasteiger partial charge in [-0.05, 0) is 12.1 Å². The molecule has 1 aromatic heterocycles. The Morgan fingerprint density at radius 2 is 2.24 bits per heavy atom. The van der Waals surface area contributed by atoms with Crippen LogP contribution in [-0.4, -0.2) is 16.6 Å². The average molecular weight is 236 g/mol. The van der Waals surface area contributed by atoms with Crippen LogP contribution < -0.4 is 10.5 Å². The molecule has 1 aromatic carbocycles. The second-order valence-electron chi connectivity index (χ2n) is 3.15. The molecule has 0 aliphatic rings. The number of methoxy groups -OCH3 is 1. The van der Waals surface area contributed by atoms with Crippen molar-refractivity contribution in [2.24, 2.45) is 0 Å². The molecule has 0 atom stereocenters. The molecule has 2 rings (SSSR count). The molecule has 0 bridgehead atoms. The lowest BCUT2D eigenvalue weighted by molar-refractivity contribution is -0.385. The summed E-state index contributed by atoms with van der Waals surface area (Å²) >= 11 is 0. The van der Waals surface area contributed by atoms with E-state index in [1.807, 2.05) is 0 Å². The van der Waals surface area contributed by atoms with Gasteiger partial charge in [0.25, 0.3) is 0 Å². The molecule has 0 saturated carbocycles. The molecule has 1 heterocycles. The Labute approximate surface area is 95.0 Å². The van der Waals surface area contributed by atoms with Crippen LogP contribution in [-0.2, 0) is 0 Å². The topological polar surface area (TPSA) is 87.5 Å². The molecule has 0 spiro atoms. The zero-order chi connectivity index (χ0) is 12.4. The third kappa shape index (κ3) is 1.89. The van der Waals surface area contributed by atoms with Crippen molar-refractivity contribution in [1.29, 1.82) is 0 Å². The number of benzene rings is 1. The van der Waals surface area contributed by atoms with Gasteiger partial charge in [-0.1, -0.05) is 0 Å². The molecule has 0 amide bonds. The van der Waals surface area contributed by atoms with Crippen molar-refractivity contribution >= 4 is 5.69 Å². The number of hydrogen-bond acceptors (Lipinski definition) is 5. The summed E-state index contributed by atoms with van der Waals surface area (Å²) in [7, 11) is 1.34. The van der Waals surface area contributed by atoms with E-state index < -0.39 is 10.7 Å². The van der Waals surface area contributed by atoms with E-state index in [0.717, 1.165) is 4.57 Å². The lowest BCUT2D eigenvalue weighted by Crippen LogP contribution is -2.11. The maximum Gasteiger partial charge on any atom is 0.423 e. The SMILES string of the molecule is COc1ccc(-n2ccoc2=O)cc1[N+](=O)[O-]. The number of ether oxygens (including phenoxy) is 1. The lowest BCUT2D eigenvalue weighted by Gasteiger charge is -2.04. The van der Waals surface area contributed by atoms with E-state index in [0.29, 0.717) is 5.69 Å². The van der Waals surface area contributed by atoms with E-state index in [1.54, 1.807) is 0 Å². The predicted molar refractivity (Wildman–Crippen MR) is 57.5 cm³/mol. The number of nitro groups is 1. The monoisotopic (exact) mass is 236 g/mol. The molecule has 0 aliphatic carbocycles. The van der Waals surface area contributed by atoms with Gasteiger partial charge in [0.05, 0.1) is 23.9 Å². The van der Waals surface area contributed by atoms with Gasteiger partial charge in [0.1, 0.15) is 6.26 Å². The Bertz CT molecular complexity index is 613. The van der Waals surface area contributed by atoms with Crippen molar-refractivity contribution in [3.8, 4) is 11.4 Å². The summed E-state index contributed by atoms with van der Waals surface area (Å²) in [5, 5.41) is 10.8. The molecule has 0 fully saturated rings. The molecule has 7 heteroatoms. The Morgan fingerprint density at radius 1 is 1.47 bits per heavy atom. The van der Waals surface area contributed by atoms with Gasteiger partial charge in [0, 0.05) is 6.07 Å². The Balaban J connectivity index is 2.59. The van der Waals surface area contributed by atoms with Gasteiger partial charge in [-0.15, -0.1) is 0 Å². The maximum absolute atomic E-state index is 11.3. The first-order valence-corrected chi connectivity index (χ1v) is 4.62. The smallest absolute Gasteiger partial charge is 0.423 e. The summed E-state index contributed by atoms with van der Waals surface area (Å²) in [6.07, 6.45) is 2.59. The van der Waals surface area contributed by atoms with Gasteiger partial charge < -0.3 is 9.15 Å². The van der Waals surface area contributed by atoms with Gasteiger partial charge in [0.15, 0.2) is 5.75 Å². The number of hydrogen-bond donors (Lipinski definition) is 0. The molecule has 0 saturated heterocycles. The second-order valence-corrected chi connectivity index (χ2v) is 3.15. The van der Waals surface area contributed by atoms with E-state index in [2.05, 4.69) is 4.42 Å². The van der Waals surface area contributed by atoms with Crippen LogP contribution in [0.5, 0.6) is 5.75 Å². The first-order chi connectivity index (χ1) is 8.13. The second kappa shape index (κ2) is 4.12. The normalized spacial score (nSPS) is 10.2. The van der Waals surface area contributed by atoms with E-state index in [1.165, 1.54) is 37.8 Å². The van der Waals surface area contributed by atoms with Crippen LogP contribution >= 0.6 is 0 Å². The summed E-state index contributed by atoms with van der Waals surface area (Å²) in [5.41, 5.74) is 0.134. The van der Waals surface area contributed by atoms with Crippen LogP contribution in [0.15, 0.2) is 39.9 Å². The van der Waals surface area contributed by atoms with Gasteiger partial charge in [-0.3, -0.25) is 10.1 Å². The van der Waals surface area contributed by atoms with E-state index in [4.69, 9.17) is 4.74 Å². The first kappa shape index (κ1) is 10.9. The largest absolute Gasteiger partial charge is 0.490 e. The molecular weight excluding hydrogens is 228 g/mol. The quantitative estimate of drug-likeness (QED) is 0.592. The molecule has 0 radical (unpaired) electrons. The van der Waals surface area contributed by atoms with Crippen LogP contribution in [0.1, 0.15) is 0 Å². The van der Waals surface area contributed by atoms with Crippen LogP contribution in [0.3, 0.4) is 0 Å². The fourth-order valence-electron chi connectivity index (χ4n) is 1.43. The van der Waals surface area contributed by atoms with Crippen molar-refractivity contribution in [2.45, 2.75) is 0 Å². The van der Waals surface area contributed by atoms with Crippen LogP contribution in [0.4, 0.5) is 5.69 Å². The number of oxazole rings is 1. The third-order valence-corrected chi connectivity index (χ3v) is 2.21. The number of nitro benzene ring substituents is 1. The highest BCUT2D eigenvalue weighted by Gasteiger charge is 2.16. The summed E-state index contributed by atoms with van der Waals surface area (Å²) < 4.78 is 10.6. The maximum atomic E-state index is 11.3. The standard InChI is InChI=1S/C10H8N2O5/c1-16-9-3-2-7(6-8(9)12(14)15)11-4-5-17-10(11)13/h2-6H,1H3. The Kier molecular flexibility index (Phi) is 2.65. The fraction of sp³-hybridized carbons (Fsp3) is 0.100. The molecule has 0 unspecified atom stereocenters. The molecule has 88 valence electrons. The minimum Gasteiger partial charge on any atom is -0.490 e. The summed E-state index contributed by atoms with van der Waals surface area (Å²) in [6.45, 7) is 0. The number of rotatable bonds is 3. The predicted octanol–water partition coefficient (Wildman–Crippen LogP) is 1.35. The highest BCUT2D eigenvalue weighted by atomic mass is 16.6. The van der Waals surface area contributed by atoms with Gasteiger partial charge in [-0.2, -0.15) is 0 Å². The fourth-order valence-corrected chi connectivity index (χ4v) is 1.43. The van der Waals surface area contributed by atoms with Crippen molar-refractivity contribution in [3.63, 3.8) is 0 Å². The summed E-state index contributed by atoms with van der Waals surface area (Å²) in [4.78, 5) is 21.5. The van der Waals surface area contributed by atoms with E-state index in [9.17, 15) is 14.9 Å². The van der Waals surface area contributed by atoms with E-state index in [-0.39, 0.29) is 11.4 Å². The van der Waals surface area contributed by atoms with Gasteiger partial charge in [-0.25, -0.2) is 9.36 Å². The molecular formula is C10H8N2O5. The van der Waals surface area contributed by atoms with Crippen molar-refractivity contribution in [3.05, 3.63) is 51.3 Å². The zero-order valence-corrected chi connectivity index (χ0v) is 8.82. The molecule has 0 N–H and O–H groups in total. The highest BCUT2D eigenvalue weighted by Crippen LogP contribution is 2.28. The van der Waals surface area contributed by atoms with Crippen LogP contribution in [0.2, 0.25) is 0 Å². The minimum atomic E-state index is -0.607. The van der Waals surface area contributed by atoms with Gasteiger partial charge in [0.2, 0.25) is 0 Å². The third-order valence-electron chi connectivity index (χ3n) is 2.21.